The lowest BCUT2D eigenvalue weighted by Gasteiger charge is -2.05. The molecule has 3 nitrogen and oxygen atoms in total. The largest absolute Gasteiger partial charge is 0.393 e. The van der Waals surface area contributed by atoms with E-state index >= 15 is 0 Å². The zero-order valence-corrected chi connectivity index (χ0v) is 10.4. The number of thiocarbonyl (C=S) groups is 1. The van der Waals surface area contributed by atoms with Gasteiger partial charge in [0.05, 0.1) is 9.87 Å². The minimum absolute atomic E-state index is 0.581. The molecule has 2 heterocycles. The summed E-state index contributed by atoms with van der Waals surface area (Å²) in [6.07, 6.45) is 5.58. The summed E-state index contributed by atoms with van der Waals surface area (Å²) in [7, 11) is 0. The van der Waals surface area contributed by atoms with Crippen LogP contribution in [0.4, 0.5) is 0 Å². The third kappa shape index (κ3) is 2.68. The van der Waals surface area contributed by atoms with Gasteiger partial charge in [-0.1, -0.05) is 18.3 Å². The summed E-state index contributed by atoms with van der Waals surface area (Å²) in [6, 6.07) is 4.12. The van der Waals surface area contributed by atoms with Crippen molar-refractivity contribution in [2.75, 3.05) is 0 Å². The van der Waals surface area contributed by atoms with Crippen molar-refractivity contribution < 1.29 is 0 Å². The number of hydrogen-bond acceptors (Lipinski definition) is 3. The summed E-state index contributed by atoms with van der Waals surface area (Å²) in [6.45, 7) is 0.907. The predicted molar refractivity (Wildman–Crippen MR) is 71.6 cm³/mol. The Balaban J connectivity index is 2.05. The molecule has 2 aromatic rings. The molecule has 5 heteroatoms. The molecule has 16 heavy (non-hydrogen) atoms. The number of thiophene rings is 1. The zero-order valence-electron chi connectivity index (χ0n) is 8.80. The van der Waals surface area contributed by atoms with Crippen LogP contribution in [0.3, 0.4) is 0 Å². The van der Waals surface area contributed by atoms with Crippen molar-refractivity contribution in [3.8, 4) is 10.7 Å². The van der Waals surface area contributed by atoms with Gasteiger partial charge in [-0.05, 0) is 24.3 Å². The average molecular weight is 251 g/mol. The van der Waals surface area contributed by atoms with E-state index in [1.807, 2.05) is 18.5 Å². The minimum Gasteiger partial charge on any atom is -0.393 e. The first kappa shape index (κ1) is 11.3. The maximum atomic E-state index is 5.47. The number of aromatic nitrogens is 2. The van der Waals surface area contributed by atoms with Gasteiger partial charge in [-0.25, -0.2) is 4.98 Å². The second-order valence-electron chi connectivity index (χ2n) is 3.49. The Hall–Kier alpha value is -1.20. The van der Waals surface area contributed by atoms with E-state index in [-0.39, 0.29) is 0 Å². The van der Waals surface area contributed by atoms with Crippen LogP contribution < -0.4 is 5.73 Å². The van der Waals surface area contributed by atoms with E-state index in [0.717, 1.165) is 25.2 Å². The van der Waals surface area contributed by atoms with Crippen LogP contribution in [0.15, 0.2) is 29.9 Å². The lowest BCUT2D eigenvalue weighted by atomic mass is 10.3. The van der Waals surface area contributed by atoms with Gasteiger partial charge in [0.1, 0.15) is 5.82 Å². The molecule has 0 saturated carbocycles. The molecule has 0 spiro atoms. The van der Waals surface area contributed by atoms with Crippen LogP contribution >= 0.6 is 23.6 Å². The Morgan fingerprint density at radius 3 is 3.12 bits per heavy atom. The molecule has 0 aliphatic rings. The fourth-order valence-corrected chi connectivity index (χ4v) is 2.42. The van der Waals surface area contributed by atoms with E-state index in [1.54, 1.807) is 11.3 Å². The van der Waals surface area contributed by atoms with E-state index in [2.05, 4.69) is 21.0 Å². The van der Waals surface area contributed by atoms with E-state index in [1.165, 1.54) is 4.88 Å². The summed E-state index contributed by atoms with van der Waals surface area (Å²) in [5, 5.41) is 2.06. The molecule has 0 saturated heterocycles. The standard InChI is InChI=1S/C11H13N3S2/c12-10(15)4-1-6-14-7-5-13-11(14)9-3-2-8-16-9/h2-3,5,7-8H,1,4,6H2,(H2,12,15). The van der Waals surface area contributed by atoms with E-state index in [0.29, 0.717) is 4.99 Å². The molecule has 2 rings (SSSR count). The molecular weight excluding hydrogens is 238 g/mol. The van der Waals surface area contributed by atoms with Gasteiger partial charge >= 0.3 is 0 Å². The Bertz CT molecular complexity index is 459. The molecule has 0 fully saturated rings. The Morgan fingerprint density at radius 2 is 2.44 bits per heavy atom. The highest BCUT2D eigenvalue weighted by molar-refractivity contribution is 7.80. The Labute approximate surface area is 104 Å². The van der Waals surface area contributed by atoms with Crippen molar-refractivity contribution in [1.82, 2.24) is 9.55 Å². The number of hydrogen-bond donors (Lipinski definition) is 1. The lowest BCUT2D eigenvalue weighted by molar-refractivity contribution is 0.666. The zero-order chi connectivity index (χ0) is 11.4. The van der Waals surface area contributed by atoms with Gasteiger partial charge in [0.15, 0.2) is 0 Å². The third-order valence-corrected chi connectivity index (χ3v) is 3.35. The highest BCUT2D eigenvalue weighted by Gasteiger charge is 2.06. The summed E-state index contributed by atoms with van der Waals surface area (Å²) in [4.78, 5) is 6.14. The minimum atomic E-state index is 0.581. The SMILES string of the molecule is NC(=S)CCCn1ccnc1-c1cccs1. The van der Waals surface area contributed by atoms with Gasteiger partial charge in [-0.3, -0.25) is 0 Å². The maximum Gasteiger partial charge on any atom is 0.149 e. The first-order chi connectivity index (χ1) is 7.77. The lowest BCUT2D eigenvalue weighted by Crippen LogP contribution is -2.09. The van der Waals surface area contributed by atoms with Crippen LogP contribution in [0.1, 0.15) is 12.8 Å². The number of rotatable bonds is 5. The fourth-order valence-electron chi connectivity index (χ4n) is 1.54. The summed E-state index contributed by atoms with van der Waals surface area (Å²) < 4.78 is 2.14. The number of aryl methyl sites for hydroxylation is 1. The first-order valence-corrected chi connectivity index (χ1v) is 6.39. The Kier molecular flexibility index (Phi) is 3.69. The highest BCUT2D eigenvalue weighted by atomic mass is 32.1. The van der Waals surface area contributed by atoms with Gasteiger partial charge in [0.25, 0.3) is 0 Å². The molecule has 0 amide bonds. The van der Waals surface area contributed by atoms with E-state index < -0.39 is 0 Å². The molecule has 0 unspecified atom stereocenters. The molecule has 0 aliphatic heterocycles. The van der Waals surface area contributed by atoms with Gasteiger partial charge in [-0.2, -0.15) is 0 Å². The first-order valence-electron chi connectivity index (χ1n) is 5.10. The van der Waals surface area contributed by atoms with Gasteiger partial charge in [0.2, 0.25) is 0 Å². The molecule has 0 radical (unpaired) electrons. The fraction of sp³-hybridized carbons (Fsp3) is 0.273. The molecule has 0 atom stereocenters. The molecule has 2 aromatic heterocycles. The maximum absolute atomic E-state index is 5.47. The summed E-state index contributed by atoms with van der Waals surface area (Å²) in [5.74, 6) is 1.03. The molecular formula is C11H13N3S2. The van der Waals surface area contributed by atoms with Crippen molar-refractivity contribution in [1.29, 1.82) is 0 Å². The smallest absolute Gasteiger partial charge is 0.149 e. The Morgan fingerprint density at radius 1 is 1.56 bits per heavy atom. The van der Waals surface area contributed by atoms with Crippen LogP contribution in [-0.2, 0) is 6.54 Å². The van der Waals surface area contributed by atoms with Gasteiger partial charge in [0, 0.05) is 18.9 Å². The van der Waals surface area contributed by atoms with Gasteiger partial charge in [-0.15, -0.1) is 11.3 Å². The second-order valence-corrected chi connectivity index (χ2v) is 4.96. The number of nitrogens with zero attached hydrogens (tertiary/aromatic N) is 2. The topological polar surface area (TPSA) is 43.8 Å². The molecule has 2 N–H and O–H groups in total. The molecule has 0 aliphatic carbocycles. The summed E-state index contributed by atoms with van der Waals surface area (Å²) in [5.41, 5.74) is 5.47. The van der Waals surface area contributed by atoms with Crippen molar-refractivity contribution in [2.45, 2.75) is 19.4 Å². The van der Waals surface area contributed by atoms with Crippen LogP contribution in [0.25, 0.3) is 10.7 Å². The van der Waals surface area contributed by atoms with Crippen molar-refractivity contribution in [2.24, 2.45) is 5.73 Å². The van der Waals surface area contributed by atoms with E-state index in [4.69, 9.17) is 18.0 Å². The number of nitrogens with two attached hydrogens (primary N) is 1. The highest BCUT2D eigenvalue weighted by Crippen LogP contribution is 2.22. The van der Waals surface area contributed by atoms with Crippen molar-refractivity contribution in [3.05, 3.63) is 29.9 Å². The predicted octanol–water partition coefficient (Wildman–Crippen LogP) is 2.68. The summed E-state index contributed by atoms with van der Waals surface area (Å²) >= 11 is 6.56. The van der Waals surface area contributed by atoms with Crippen LogP contribution in [0.2, 0.25) is 0 Å². The van der Waals surface area contributed by atoms with Crippen LogP contribution in [0, 0.1) is 0 Å². The van der Waals surface area contributed by atoms with Crippen LogP contribution in [-0.4, -0.2) is 14.5 Å². The molecule has 84 valence electrons. The normalized spacial score (nSPS) is 10.5. The molecule has 0 bridgehead atoms. The molecule has 0 aromatic carbocycles. The van der Waals surface area contributed by atoms with E-state index in [9.17, 15) is 0 Å². The third-order valence-electron chi connectivity index (χ3n) is 2.28. The number of imidazole rings is 1. The van der Waals surface area contributed by atoms with Crippen molar-refractivity contribution in [3.63, 3.8) is 0 Å². The monoisotopic (exact) mass is 251 g/mol. The van der Waals surface area contributed by atoms with Crippen LogP contribution in [0.5, 0.6) is 0 Å². The average Bonchev–Trinajstić information content (AvgIpc) is 2.84. The second kappa shape index (κ2) is 5.23. The quantitative estimate of drug-likeness (QED) is 0.831. The van der Waals surface area contributed by atoms with Gasteiger partial charge < -0.3 is 10.3 Å². The van der Waals surface area contributed by atoms with Crippen molar-refractivity contribution >= 4 is 28.5 Å².